The topological polar surface area (TPSA) is 61.5 Å². The van der Waals surface area contributed by atoms with Crippen molar-refractivity contribution in [3.8, 4) is 11.5 Å². The Hall–Kier alpha value is -2.15. The second kappa shape index (κ2) is 3.92. The third-order valence-corrected chi connectivity index (χ3v) is 3.94. The molecule has 1 atom stereocenters. The molecule has 0 bridgehead atoms. The summed E-state index contributed by atoms with van der Waals surface area (Å²) in [6, 6.07) is 7.64. The third kappa shape index (κ3) is 1.66. The van der Waals surface area contributed by atoms with Crippen molar-refractivity contribution < 1.29 is 9.47 Å². The Bertz CT molecular complexity index is 751. The van der Waals surface area contributed by atoms with Crippen LogP contribution in [0.4, 0.5) is 0 Å². The van der Waals surface area contributed by atoms with E-state index in [1.54, 1.807) is 4.52 Å². The van der Waals surface area contributed by atoms with Crippen LogP contribution in [-0.2, 0) is 0 Å². The number of hydrogen-bond acceptors (Lipinski definition) is 6. The highest BCUT2D eigenvalue weighted by Gasteiger charge is 2.26. The highest BCUT2D eigenvalue weighted by atomic mass is 32.1. The Kier molecular flexibility index (Phi) is 2.22. The Morgan fingerprint density at radius 3 is 2.95 bits per heavy atom. The Balaban J connectivity index is 1.70. The molecule has 0 spiro atoms. The van der Waals surface area contributed by atoms with Crippen LogP contribution in [0.3, 0.4) is 0 Å². The summed E-state index contributed by atoms with van der Waals surface area (Å²) in [6.07, 6.45) is -0.194. The molecule has 2 aromatic heterocycles. The van der Waals surface area contributed by atoms with Crippen molar-refractivity contribution >= 4 is 16.3 Å². The zero-order valence-corrected chi connectivity index (χ0v) is 10.9. The Morgan fingerprint density at radius 1 is 1.26 bits per heavy atom. The van der Waals surface area contributed by atoms with Gasteiger partial charge >= 0.3 is 0 Å². The van der Waals surface area contributed by atoms with Crippen molar-refractivity contribution in [2.75, 3.05) is 6.61 Å². The fourth-order valence-electron chi connectivity index (χ4n) is 2.00. The first-order valence-electron chi connectivity index (χ1n) is 5.88. The van der Waals surface area contributed by atoms with E-state index in [9.17, 15) is 0 Å². The standard InChI is InChI=1S/C12H10N4O2S/c1-7-13-14-12-16(7)15-11(19-12)10-6-17-8-4-2-3-5-9(8)18-10/h2-5,10H,6H2,1H3/t10-/m1/s1. The van der Waals surface area contributed by atoms with Gasteiger partial charge in [-0.05, 0) is 19.1 Å². The van der Waals surface area contributed by atoms with Crippen LogP contribution in [0.2, 0.25) is 0 Å². The molecule has 7 heteroatoms. The van der Waals surface area contributed by atoms with E-state index in [2.05, 4.69) is 15.3 Å². The van der Waals surface area contributed by atoms with E-state index in [4.69, 9.17) is 9.47 Å². The summed E-state index contributed by atoms with van der Waals surface area (Å²) in [5.41, 5.74) is 0. The molecule has 6 nitrogen and oxygen atoms in total. The largest absolute Gasteiger partial charge is 0.485 e. The number of rotatable bonds is 1. The van der Waals surface area contributed by atoms with E-state index in [1.165, 1.54) is 11.3 Å². The maximum Gasteiger partial charge on any atom is 0.234 e. The van der Waals surface area contributed by atoms with Gasteiger partial charge in [0.05, 0.1) is 0 Å². The van der Waals surface area contributed by atoms with E-state index < -0.39 is 0 Å². The van der Waals surface area contributed by atoms with Crippen LogP contribution in [0.5, 0.6) is 11.5 Å². The zero-order chi connectivity index (χ0) is 12.8. The van der Waals surface area contributed by atoms with Crippen LogP contribution in [0.15, 0.2) is 24.3 Å². The number of fused-ring (bicyclic) bond motifs is 2. The lowest BCUT2D eigenvalue weighted by atomic mass is 10.3. The molecule has 4 rings (SSSR count). The summed E-state index contributed by atoms with van der Waals surface area (Å²) >= 11 is 1.47. The first kappa shape index (κ1) is 10.7. The number of aryl methyl sites for hydroxylation is 1. The molecule has 0 aliphatic carbocycles. The van der Waals surface area contributed by atoms with Gasteiger partial charge in [-0.2, -0.15) is 9.61 Å². The molecule has 0 N–H and O–H groups in total. The highest BCUT2D eigenvalue weighted by Crippen LogP contribution is 2.36. The second-order valence-electron chi connectivity index (χ2n) is 4.25. The van der Waals surface area contributed by atoms with Crippen molar-refractivity contribution in [3.63, 3.8) is 0 Å². The Morgan fingerprint density at radius 2 is 2.11 bits per heavy atom. The summed E-state index contributed by atoms with van der Waals surface area (Å²) < 4.78 is 13.3. The minimum atomic E-state index is -0.194. The monoisotopic (exact) mass is 274 g/mol. The summed E-state index contributed by atoms with van der Waals surface area (Å²) in [5.74, 6) is 2.30. The molecule has 1 aromatic carbocycles. The van der Waals surface area contributed by atoms with Crippen LogP contribution >= 0.6 is 11.3 Å². The van der Waals surface area contributed by atoms with Gasteiger partial charge < -0.3 is 9.47 Å². The average Bonchev–Trinajstić information content (AvgIpc) is 3.01. The first-order chi connectivity index (χ1) is 9.31. The van der Waals surface area contributed by atoms with E-state index in [0.717, 1.165) is 27.3 Å². The quantitative estimate of drug-likeness (QED) is 0.679. The number of ether oxygens (including phenoxy) is 2. The smallest absolute Gasteiger partial charge is 0.234 e. The van der Waals surface area contributed by atoms with Gasteiger partial charge in [-0.15, -0.1) is 10.2 Å². The van der Waals surface area contributed by atoms with Crippen LogP contribution in [0, 0.1) is 6.92 Å². The molecule has 19 heavy (non-hydrogen) atoms. The van der Waals surface area contributed by atoms with E-state index >= 15 is 0 Å². The minimum Gasteiger partial charge on any atom is -0.485 e. The van der Waals surface area contributed by atoms with Gasteiger partial charge in [-0.25, -0.2) is 0 Å². The lowest BCUT2D eigenvalue weighted by molar-refractivity contribution is 0.0904. The normalized spacial score (nSPS) is 17.8. The van der Waals surface area contributed by atoms with Crippen molar-refractivity contribution in [2.45, 2.75) is 13.0 Å². The van der Waals surface area contributed by atoms with Crippen LogP contribution in [0.25, 0.3) is 4.96 Å². The molecule has 0 saturated carbocycles. The first-order valence-corrected chi connectivity index (χ1v) is 6.70. The fraction of sp³-hybridized carbons (Fsp3) is 0.250. The van der Waals surface area contributed by atoms with Crippen molar-refractivity contribution in [3.05, 3.63) is 35.1 Å². The molecule has 0 amide bonds. The SMILES string of the molecule is Cc1nnc2sc([C@H]3COc4ccccc4O3)nn12. The maximum atomic E-state index is 5.92. The fourth-order valence-corrected chi connectivity index (χ4v) is 2.90. The number of benzene rings is 1. The number of hydrogen-bond donors (Lipinski definition) is 0. The summed E-state index contributed by atoms with van der Waals surface area (Å²) in [4.78, 5) is 0.773. The predicted octanol–water partition coefficient (Wildman–Crippen LogP) is 2.01. The van der Waals surface area contributed by atoms with E-state index in [-0.39, 0.29) is 6.10 Å². The Labute approximate surface area is 112 Å². The van der Waals surface area contributed by atoms with Gasteiger partial charge in [0.25, 0.3) is 0 Å². The predicted molar refractivity (Wildman–Crippen MR) is 68.7 cm³/mol. The molecule has 1 aliphatic heterocycles. The van der Waals surface area contributed by atoms with Crippen molar-refractivity contribution in [2.24, 2.45) is 0 Å². The lowest BCUT2D eigenvalue weighted by Gasteiger charge is -2.24. The van der Waals surface area contributed by atoms with Crippen molar-refractivity contribution in [1.82, 2.24) is 19.8 Å². The molecular formula is C12H10N4O2S. The number of nitrogens with zero attached hydrogens (tertiary/aromatic N) is 4. The molecule has 0 radical (unpaired) electrons. The highest BCUT2D eigenvalue weighted by molar-refractivity contribution is 7.16. The van der Waals surface area contributed by atoms with Gasteiger partial charge in [0.2, 0.25) is 4.96 Å². The number of para-hydroxylation sites is 2. The molecule has 0 fully saturated rings. The lowest BCUT2D eigenvalue weighted by Crippen LogP contribution is -2.21. The van der Waals surface area contributed by atoms with Gasteiger partial charge in [0.15, 0.2) is 28.4 Å². The van der Waals surface area contributed by atoms with Crippen LogP contribution < -0.4 is 9.47 Å². The van der Waals surface area contributed by atoms with Gasteiger partial charge in [-0.1, -0.05) is 23.5 Å². The maximum absolute atomic E-state index is 5.92. The summed E-state index contributed by atoms with van der Waals surface area (Å²) in [7, 11) is 0. The molecule has 1 aliphatic rings. The zero-order valence-electron chi connectivity index (χ0n) is 10.1. The van der Waals surface area contributed by atoms with E-state index in [1.807, 2.05) is 31.2 Å². The number of aromatic nitrogens is 4. The minimum absolute atomic E-state index is 0.194. The molecule has 96 valence electrons. The van der Waals surface area contributed by atoms with Crippen LogP contribution in [0.1, 0.15) is 16.9 Å². The summed E-state index contributed by atoms with van der Waals surface area (Å²) in [5, 5.41) is 13.3. The van der Waals surface area contributed by atoms with Crippen LogP contribution in [-0.4, -0.2) is 26.4 Å². The second-order valence-corrected chi connectivity index (χ2v) is 5.23. The van der Waals surface area contributed by atoms with E-state index in [0.29, 0.717) is 6.61 Å². The van der Waals surface area contributed by atoms with Gasteiger partial charge in [-0.3, -0.25) is 0 Å². The third-order valence-electron chi connectivity index (χ3n) is 2.95. The molecule has 0 saturated heterocycles. The molecule has 3 heterocycles. The molecule has 3 aromatic rings. The molecule has 0 unspecified atom stereocenters. The van der Waals surface area contributed by atoms with Gasteiger partial charge in [0.1, 0.15) is 6.61 Å². The van der Waals surface area contributed by atoms with Gasteiger partial charge in [0, 0.05) is 0 Å². The van der Waals surface area contributed by atoms with Crippen molar-refractivity contribution in [1.29, 1.82) is 0 Å². The average molecular weight is 274 g/mol. The molecular weight excluding hydrogens is 264 g/mol. The summed E-state index contributed by atoms with van der Waals surface area (Å²) in [6.45, 7) is 2.33.